The molecule has 0 heterocycles. The zero-order valence-electron chi connectivity index (χ0n) is 14.0. The topological polar surface area (TPSA) is 47.6 Å². The fraction of sp³-hybridized carbons (Fsp3) is 0.316. The highest BCUT2D eigenvalue weighted by Crippen LogP contribution is 2.26. The SMILES string of the molecule is COc1ccc(CCC(=O)NCCc2ccccc2OC)cc1Br. The molecule has 5 heteroatoms. The molecule has 0 aliphatic carbocycles. The van der Waals surface area contributed by atoms with Gasteiger partial charge < -0.3 is 14.8 Å². The zero-order valence-corrected chi connectivity index (χ0v) is 15.6. The summed E-state index contributed by atoms with van der Waals surface area (Å²) in [6, 6.07) is 13.7. The first kappa shape index (κ1) is 18.3. The van der Waals surface area contributed by atoms with Crippen LogP contribution in [0.4, 0.5) is 0 Å². The molecule has 0 spiro atoms. The molecule has 4 nitrogen and oxygen atoms in total. The van der Waals surface area contributed by atoms with Crippen molar-refractivity contribution in [2.24, 2.45) is 0 Å². The number of para-hydroxylation sites is 1. The first-order chi connectivity index (χ1) is 11.6. The molecule has 0 radical (unpaired) electrons. The lowest BCUT2D eigenvalue weighted by molar-refractivity contribution is -0.121. The maximum atomic E-state index is 12.0. The number of benzene rings is 2. The second-order valence-corrected chi connectivity index (χ2v) is 6.24. The van der Waals surface area contributed by atoms with Gasteiger partial charge in [-0.3, -0.25) is 4.79 Å². The van der Waals surface area contributed by atoms with E-state index in [1.54, 1.807) is 14.2 Å². The Balaban J connectivity index is 1.76. The molecule has 0 unspecified atom stereocenters. The van der Waals surface area contributed by atoms with Crippen molar-refractivity contribution in [1.29, 1.82) is 0 Å². The van der Waals surface area contributed by atoms with Gasteiger partial charge in [-0.05, 0) is 58.1 Å². The average molecular weight is 392 g/mol. The van der Waals surface area contributed by atoms with Crippen molar-refractivity contribution in [3.05, 3.63) is 58.1 Å². The fourth-order valence-electron chi connectivity index (χ4n) is 2.46. The summed E-state index contributed by atoms with van der Waals surface area (Å²) in [6.07, 6.45) is 1.91. The fourth-order valence-corrected chi connectivity index (χ4v) is 3.05. The van der Waals surface area contributed by atoms with E-state index >= 15 is 0 Å². The summed E-state index contributed by atoms with van der Waals surface area (Å²) in [7, 11) is 3.29. The first-order valence-electron chi connectivity index (χ1n) is 7.85. The van der Waals surface area contributed by atoms with Crippen molar-refractivity contribution in [3.63, 3.8) is 0 Å². The zero-order chi connectivity index (χ0) is 17.4. The quantitative estimate of drug-likeness (QED) is 0.744. The molecule has 2 aromatic rings. The summed E-state index contributed by atoms with van der Waals surface area (Å²) in [4.78, 5) is 12.0. The van der Waals surface area contributed by atoms with Gasteiger partial charge in [-0.25, -0.2) is 0 Å². The second kappa shape index (κ2) is 9.33. The predicted molar refractivity (Wildman–Crippen MR) is 98.7 cm³/mol. The van der Waals surface area contributed by atoms with Crippen LogP contribution in [0.15, 0.2) is 46.9 Å². The van der Waals surface area contributed by atoms with Crippen molar-refractivity contribution in [2.45, 2.75) is 19.3 Å². The van der Waals surface area contributed by atoms with Crippen molar-refractivity contribution in [3.8, 4) is 11.5 Å². The molecular weight excluding hydrogens is 370 g/mol. The Morgan fingerprint density at radius 1 is 1.04 bits per heavy atom. The summed E-state index contributed by atoms with van der Waals surface area (Å²) in [5.74, 6) is 1.70. The molecule has 128 valence electrons. The lowest BCUT2D eigenvalue weighted by Gasteiger charge is -2.09. The van der Waals surface area contributed by atoms with Crippen LogP contribution in [-0.4, -0.2) is 26.7 Å². The largest absolute Gasteiger partial charge is 0.496 e. The number of ether oxygens (including phenoxy) is 2. The van der Waals surface area contributed by atoms with Crippen LogP contribution in [0.1, 0.15) is 17.5 Å². The molecule has 1 N–H and O–H groups in total. The van der Waals surface area contributed by atoms with Gasteiger partial charge >= 0.3 is 0 Å². The first-order valence-corrected chi connectivity index (χ1v) is 8.64. The highest BCUT2D eigenvalue weighted by molar-refractivity contribution is 9.10. The molecule has 0 aliphatic heterocycles. The number of amides is 1. The van der Waals surface area contributed by atoms with E-state index in [9.17, 15) is 4.79 Å². The van der Waals surface area contributed by atoms with Gasteiger partial charge in [-0.1, -0.05) is 24.3 Å². The lowest BCUT2D eigenvalue weighted by Crippen LogP contribution is -2.26. The Hall–Kier alpha value is -2.01. The summed E-state index contributed by atoms with van der Waals surface area (Å²) in [5, 5.41) is 2.96. The van der Waals surface area contributed by atoms with Gasteiger partial charge in [0.05, 0.1) is 18.7 Å². The number of hydrogen-bond donors (Lipinski definition) is 1. The minimum absolute atomic E-state index is 0.0526. The molecule has 0 aliphatic rings. The van der Waals surface area contributed by atoms with Gasteiger partial charge in [0.25, 0.3) is 0 Å². The third-order valence-electron chi connectivity index (χ3n) is 3.77. The van der Waals surface area contributed by atoms with Crippen LogP contribution in [-0.2, 0) is 17.6 Å². The number of rotatable bonds is 8. The van der Waals surface area contributed by atoms with Gasteiger partial charge in [0.15, 0.2) is 0 Å². The second-order valence-electron chi connectivity index (χ2n) is 5.38. The van der Waals surface area contributed by atoms with Crippen molar-refractivity contribution in [1.82, 2.24) is 5.32 Å². The van der Waals surface area contributed by atoms with Crippen molar-refractivity contribution >= 4 is 21.8 Å². The van der Waals surface area contributed by atoms with Gasteiger partial charge in [0.1, 0.15) is 11.5 Å². The van der Waals surface area contributed by atoms with Gasteiger partial charge in [-0.2, -0.15) is 0 Å². The maximum Gasteiger partial charge on any atom is 0.220 e. The highest BCUT2D eigenvalue weighted by atomic mass is 79.9. The molecule has 2 aromatic carbocycles. The highest BCUT2D eigenvalue weighted by Gasteiger charge is 2.06. The van der Waals surface area contributed by atoms with E-state index in [1.807, 2.05) is 42.5 Å². The standard InChI is InChI=1S/C19H22BrNO3/c1-23-17-6-4-3-5-15(17)11-12-21-19(22)10-8-14-7-9-18(24-2)16(20)13-14/h3-7,9,13H,8,10-12H2,1-2H3,(H,21,22). The Labute approximate surface area is 151 Å². The molecule has 0 bridgehead atoms. The molecule has 2 rings (SSSR count). The molecule has 0 saturated heterocycles. The van der Waals surface area contributed by atoms with E-state index < -0.39 is 0 Å². The number of halogens is 1. The molecule has 0 aromatic heterocycles. The van der Waals surface area contributed by atoms with E-state index in [1.165, 1.54) is 0 Å². The van der Waals surface area contributed by atoms with E-state index in [0.29, 0.717) is 19.4 Å². The Morgan fingerprint density at radius 3 is 2.50 bits per heavy atom. The molecule has 1 amide bonds. The van der Waals surface area contributed by atoms with Crippen LogP contribution in [0.3, 0.4) is 0 Å². The molecule has 0 saturated carbocycles. The molecule has 24 heavy (non-hydrogen) atoms. The number of aryl methyl sites for hydroxylation is 1. The molecular formula is C19H22BrNO3. The minimum Gasteiger partial charge on any atom is -0.496 e. The lowest BCUT2D eigenvalue weighted by atomic mass is 10.1. The van der Waals surface area contributed by atoms with Crippen LogP contribution in [0.2, 0.25) is 0 Å². The van der Waals surface area contributed by atoms with Crippen LogP contribution in [0, 0.1) is 0 Å². The number of carbonyl (C=O) groups excluding carboxylic acids is 1. The summed E-state index contributed by atoms with van der Waals surface area (Å²) in [6.45, 7) is 0.603. The number of hydrogen-bond acceptors (Lipinski definition) is 3. The minimum atomic E-state index is 0.0526. The van der Waals surface area contributed by atoms with Crippen LogP contribution in [0.5, 0.6) is 11.5 Å². The van der Waals surface area contributed by atoms with Crippen LogP contribution < -0.4 is 14.8 Å². The third kappa shape index (κ3) is 5.27. The normalized spacial score (nSPS) is 10.3. The van der Waals surface area contributed by atoms with Crippen LogP contribution >= 0.6 is 15.9 Å². The molecule has 0 fully saturated rings. The maximum absolute atomic E-state index is 12.0. The number of nitrogens with one attached hydrogen (secondary N) is 1. The third-order valence-corrected chi connectivity index (χ3v) is 4.39. The van der Waals surface area contributed by atoms with Gasteiger partial charge in [0.2, 0.25) is 5.91 Å². The Bertz CT molecular complexity index is 688. The molecule has 0 atom stereocenters. The van der Waals surface area contributed by atoms with Gasteiger partial charge in [-0.15, -0.1) is 0 Å². The van der Waals surface area contributed by atoms with Crippen molar-refractivity contribution < 1.29 is 14.3 Å². The summed E-state index contributed by atoms with van der Waals surface area (Å²) in [5.41, 5.74) is 2.20. The monoisotopic (exact) mass is 391 g/mol. The predicted octanol–water partition coefficient (Wildman–Crippen LogP) is 3.76. The summed E-state index contributed by atoms with van der Waals surface area (Å²) < 4.78 is 11.4. The van der Waals surface area contributed by atoms with Crippen LogP contribution in [0.25, 0.3) is 0 Å². The number of methoxy groups -OCH3 is 2. The average Bonchev–Trinajstić information content (AvgIpc) is 2.60. The van der Waals surface area contributed by atoms with E-state index in [0.717, 1.165) is 33.5 Å². The van der Waals surface area contributed by atoms with E-state index in [2.05, 4.69) is 21.2 Å². The summed E-state index contributed by atoms with van der Waals surface area (Å²) >= 11 is 3.46. The van der Waals surface area contributed by atoms with Crippen molar-refractivity contribution in [2.75, 3.05) is 20.8 Å². The van der Waals surface area contributed by atoms with Gasteiger partial charge in [0, 0.05) is 13.0 Å². The number of carbonyl (C=O) groups is 1. The smallest absolute Gasteiger partial charge is 0.220 e. The Kier molecular flexibility index (Phi) is 7.12. The van der Waals surface area contributed by atoms with E-state index in [4.69, 9.17) is 9.47 Å². The Morgan fingerprint density at radius 2 is 1.79 bits per heavy atom. The van der Waals surface area contributed by atoms with E-state index in [-0.39, 0.29) is 5.91 Å².